The number of carbonyl (C=O) groups excluding carboxylic acids is 1. The van der Waals surface area contributed by atoms with Gasteiger partial charge in [0.1, 0.15) is 22.0 Å². The Morgan fingerprint density at radius 2 is 2.18 bits per heavy atom. The fourth-order valence-corrected chi connectivity index (χ4v) is 5.13. The van der Waals surface area contributed by atoms with E-state index in [4.69, 9.17) is 14.1 Å². The van der Waals surface area contributed by atoms with Crippen molar-refractivity contribution in [3.63, 3.8) is 0 Å². The van der Waals surface area contributed by atoms with Gasteiger partial charge in [-0.3, -0.25) is 9.59 Å². The van der Waals surface area contributed by atoms with Crippen molar-refractivity contribution in [2.24, 2.45) is 5.92 Å². The molecule has 1 aliphatic rings. The average molecular weight is 479 g/mol. The number of ether oxygens (including phenoxy) is 1. The van der Waals surface area contributed by atoms with E-state index in [2.05, 4.69) is 5.32 Å². The van der Waals surface area contributed by atoms with E-state index in [1.54, 1.807) is 11.7 Å². The van der Waals surface area contributed by atoms with E-state index in [0.29, 0.717) is 47.2 Å². The predicted molar refractivity (Wildman–Crippen MR) is 132 cm³/mol. The summed E-state index contributed by atoms with van der Waals surface area (Å²) in [7, 11) is 1.60. The number of piperidine rings is 1. The Balaban J connectivity index is 1.45. The van der Waals surface area contributed by atoms with E-state index >= 15 is 0 Å². The highest BCUT2D eigenvalue weighted by atomic mass is 32.1. The minimum absolute atomic E-state index is 0.0226. The fourth-order valence-electron chi connectivity index (χ4n) is 4.37. The first kappa shape index (κ1) is 22.2. The van der Waals surface area contributed by atoms with E-state index < -0.39 is 0 Å². The minimum atomic E-state index is -0.210. The summed E-state index contributed by atoms with van der Waals surface area (Å²) in [5.41, 5.74) is 1.23. The maximum absolute atomic E-state index is 13.5. The lowest BCUT2D eigenvalue weighted by Gasteiger charge is -2.34. The molecular formula is C25H26N4O4S. The van der Waals surface area contributed by atoms with E-state index in [9.17, 15) is 9.59 Å². The van der Waals surface area contributed by atoms with Crippen LogP contribution < -0.4 is 20.5 Å². The molecule has 176 valence electrons. The van der Waals surface area contributed by atoms with Crippen LogP contribution in [-0.4, -0.2) is 35.7 Å². The SMILES string of the molecule is COc1cccc(-n2c(N3CCCC(C(=O)NCc4ccc(C)o4)C3)nc3ccsc3c2=O)c1. The number of aromatic nitrogens is 2. The Labute approximate surface area is 200 Å². The number of thiophene rings is 1. The number of fused-ring (bicyclic) bond motifs is 1. The van der Waals surface area contributed by atoms with Crippen LogP contribution in [0.5, 0.6) is 5.75 Å². The Bertz CT molecular complexity index is 1390. The largest absolute Gasteiger partial charge is 0.497 e. The monoisotopic (exact) mass is 478 g/mol. The Hall–Kier alpha value is -3.59. The lowest BCUT2D eigenvalue weighted by atomic mass is 9.97. The van der Waals surface area contributed by atoms with Gasteiger partial charge in [0.15, 0.2) is 0 Å². The summed E-state index contributed by atoms with van der Waals surface area (Å²) in [5.74, 6) is 2.52. The van der Waals surface area contributed by atoms with Crippen molar-refractivity contribution in [1.29, 1.82) is 0 Å². The fraction of sp³-hybridized carbons (Fsp3) is 0.320. The number of nitrogens with zero attached hydrogens (tertiary/aromatic N) is 3. The molecule has 1 aliphatic heterocycles. The Kier molecular flexibility index (Phi) is 6.10. The molecule has 1 saturated heterocycles. The van der Waals surface area contributed by atoms with Crippen molar-refractivity contribution >= 4 is 33.4 Å². The van der Waals surface area contributed by atoms with Gasteiger partial charge < -0.3 is 19.4 Å². The van der Waals surface area contributed by atoms with Crippen LogP contribution in [0, 0.1) is 12.8 Å². The molecule has 0 bridgehead atoms. The molecule has 0 radical (unpaired) electrons. The molecule has 0 spiro atoms. The highest BCUT2D eigenvalue weighted by Crippen LogP contribution is 2.27. The molecule has 1 N–H and O–H groups in total. The molecule has 34 heavy (non-hydrogen) atoms. The molecule has 5 rings (SSSR count). The third-order valence-corrected chi connectivity index (χ3v) is 6.97. The zero-order chi connectivity index (χ0) is 23.7. The molecule has 1 atom stereocenters. The highest BCUT2D eigenvalue weighted by Gasteiger charge is 2.29. The van der Waals surface area contributed by atoms with E-state index in [0.717, 1.165) is 24.4 Å². The predicted octanol–water partition coefficient (Wildman–Crippen LogP) is 3.89. The van der Waals surface area contributed by atoms with Gasteiger partial charge in [0.05, 0.1) is 30.8 Å². The summed E-state index contributed by atoms with van der Waals surface area (Å²) in [6.07, 6.45) is 1.61. The standard InChI is InChI=1S/C25H26N4O4S/c1-16-8-9-20(33-16)14-26-23(30)17-5-4-11-28(15-17)25-27-21-10-12-34-22(21)24(31)29(25)18-6-3-7-19(13-18)32-2/h3,6-10,12-13,17H,4-5,11,14-15H2,1-2H3,(H,26,30). The quantitative estimate of drug-likeness (QED) is 0.452. The number of aryl methyl sites for hydroxylation is 1. The third kappa shape index (κ3) is 4.31. The number of methoxy groups -OCH3 is 1. The Morgan fingerprint density at radius 3 is 2.97 bits per heavy atom. The second-order valence-corrected chi connectivity index (χ2v) is 9.32. The first-order valence-corrected chi connectivity index (χ1v) is 12.1. The summed E-state index contributed by atoms with van der Waals surface area (Å²) >= 11 is 1.38. The third-order valence-electron chi connectivity index (χ3n) is 6.08. The van der Waals surface area contributed by atoms with Crippen LogP contribution in [0.15, 0.2) is 57.1 Å². The smallest absolute Gasteiger partial charge is 0.277 e. The van der Waals surface area contributed by atoms with Gasteiger partial charge >= 0.3 is 0 Å². The second kappa shape index (κ2) is 9.34. The van der Waals surface area contributed by atoms with Gasteiger partial charge in [-0.2, -0.15) is 0 Å². The number of hydrogen-bond acceptors (Lipinski definition) is 7. The first-order chi connectivity index (χ1) is 16.5. The van der Waals surface area contributed by atoms with Gasteiger partial charge in [-0.25, -0.2) is 9.55 Å². The van der Waals surface area contributed by atoms with E-state index in [1.165, 1.54) is 11.3 Å². The molecule has 1 fully saturated rings. The van der Waals surface area contributed by atoms with Gasteiger partial charge in [0.2, 0.25) is 11.9 Å². The van der Waals surface area contributed by atoms with E-state index in [1.807, 2.05) is 59.7 Å². The topological polar surface area (TPSA) is 89.6 Å². The van der Waals surface area contributed by atoms with Crippen LogP contribution in [-0.2, 0) is 11.3 Å². The minimum Gasteiger partial charge on any atom is -0.497 e. The van der Waals surface area contributed by atoms with Crippen molar-refractivity contribution in [1.82, 2.24) is 14.9 Å². The van der Waals surface area contributed by atoms with Crippen molar-refractivity contribution in [2.45, 2.75) is 26.3 Å². The average Bonchev–Trinajstić information content (AvgIpc) is 3.51. The maximum atomic E-state index is 13.5. The van der Waals surface area contributed by atoms with Crippen LogP contribution in [0.3, 0.4) is 0 Å². The summed E-state index contributed by atoms with van der Waals surface area (Å²) in [5, 5.41) is 4.87. The molecule has 4 aromatic rings. The second-order valence-electron chi connectivity index (χ2n) is 8.40. The highest BCUT2D eigenvalue weighted by molar-refractivity contribution is 7.17. The number of rotatable bonds is 6. The van der Waals surface area contributed by atoms with Crippen LogP contribution >= 0.6 is 11.3 Å². The Morgan fingerprint density at radius 1 is 1.29 bits per heavy atom. The summed E-state index contributed by atoms with van der Waals surface area (Å²) < 4.78 is 13.2. The van der Waals surface area contributed by atoms with Gasteiger partial charge in [-0.1, -0.05) is 6.07 Å². The summed E-state index contributed by atoms with van der Waals surface area (Å²) in [4.78, 5) is 33.4. The molecule has 1 aromatic carbocycles. The van der Waals surface area contributed by atoms with Gasteiger partial charge in [0, 0.05) is 19.2 Å². The molecule has 8 nitrogen and oxygen atoms in total. The lowest BCUT2D eigenvalue weighted by Crippen LogP contribution is -2.45. The van der Waals surface area contributed by atoms with Crippen LogP contribution in [0.4, 0.5) is 5.95 Å². The molecule has 3 aromatic heterocycles. The number of hydrogen-bond donors (Lipinski definition) is 1. The molecular weight excluding hydrogens is 452 g/mol. The lowest BCUT2D eigenvalue weighted by molar-refractivity contribution is -0.125. The summed E-state index contributed by atoms with van der Waals surface area (Å²) in [6, 6.07) is 13.0. The van der Waals surface area contributed by atoms with Crippen molar-refractivity contribution in [3.05, 3.63) is 69.7 Å². The molecule has 9 heteroatoms. The molecule has 4 heterocycles. The zero-order valence-corrected chi connectivity index (χ0v) is 19.9. The van der Waals surface area contributed by atoms with Crippen molar-refractivity contribution < 1.29 is 13.9 Å². The number of carbonyl (C=O) groups is 1. The van der Waals surface area contributed by atoms with Crippen LogP contribution in [0.1, 0.15) is 24.4 Å². The molecule has 1 amide bonds. The normalized spacial score (nSPS) is 16.1. The number of benzene rings is 1. The number of anilines is 1. The van der Waals surface area contributed by atoms with Gasteiger partial charge in [-0.05, 0) is 55.5 Å². The number of furan rings is 1. The molecule has 1 unspecified atom stereocenters. The number of nitrogens with one attached hydrogen (secondary N) is 1. The maximum Gasteiger partial charge on any atom is 0.277 e. The van der Waals surface area contributed by atoms with Crippen molar-refractivity contribution in [2.75, 3.05) is 25.1 Å². The molecule has 0 aliphatic carbocycles. The van der Waals surface area contributed by atoms with E-state index in [-0.39, 0.29) is 17.4 Å². The van der Waals surface area contributed by atoms with Crippen LogP contribution in [0.25, 0.3) is 15.9 Å². The first-order valence-electron chi connectivity index (χ1n) is 11.3. The number of amides is 1. The zero-order valence-electron chi connectivity index (χ0n) is 19.1. The van der Waals surface area contributed by atoms with Gasteiger partial charge in [-0.15, -0.1) is 11.3 Å². The van der Waals surface area contributed by atoms with Crippen LogP contribution in [0.2, 0.25) is 0 Å². The summed E-state index contributed by atoms with van der Waals surface area (Å²) in [6.45, 7) is 3.43. The van der Waals surface area contributed by atoms with Gasteiger partial charge in [0.25, 0.3) is 5.56 Å². The van der Waals surface area contributed by atoms with Crippen molar-refractivity contribution in [3.8, 4) is 11.4 Å². The molecule has 0 saturated carbocycles.